The van der Waals surface area contributed by atoms with E-state index in [4.69, 9.17) is 23.2 Å². The largest absolute Gasteiger partial charge is 0.312 e. The molecule has 3 nitrogen and oxygen atoms in total. The summed E-state index contributed by atoms with van der Waals surface area (Å²) in [6, 6.07) is 1.89. The molecule has 3 rings (SSSR count). The summed E-state index contributed by atoms with van der Waals surface area (Å²) in [5, 5.41) is 0.635. The van der Waals surface area contributed by atoms with Crippen LogP contribution in [0.4, 0.5) is 0 Å². The Hall–Kier alpha value is -0.800. The Morgan fingerprint density at radius 3 is 2.76 bits per heavy atom. The van der Waals surface area contributed by atoms with Crippen LogP contribution in [0.5, 0.6) is 0 Å². The van der Waals surface area contributed by atoms with E-state index in [1.54, 1.807) is 6.20 Å². The molecule has 0 spiro atoms. The van der Waals surface area contributed by atoms with Crippen LogP contribution in [0.3, 0.4) is 0 Å². The Morgan fingerprint density at radius 1 is 1.29 bits per heavy atom. The molecule has 0 aliphatic heterocycles. The summed E-state index contributed by atoms with van der Waals surface area (Å²) in [7, 11) is 0. The van der Waals surface area contributed by atoms with E-state index in [-0.39, 0.29) is 0 Å². The average Bonchev–Trinajstić information content (AvgIpc) is 2.79. The number of hydrogen-bond acceptors (Lipinski definition) is 2. The molecule has 0 unspecified atom stereocenters. The second-order valence-corrected chi connectivity index (χ2v) is 7.01. The van der Waals surface area contributed by atoms with Crippen molar-refractivity contribution in [2.45, 2.75) is 45.6 Å². The maximum absolute atomic E-state index is 6.03. The lowest BCUT2D eigenvalue weighted by Gasteiger charge is -2.27. The molecule has 0 atom stereocenters. The van der Waals surface area contributed by atoms with E-state index in [1.165, 1.54) is 25.7 Å². The first-order valence-electron chi connectivity index (χ1n) is 7.74. The zero-order valence-electron chi connectivity index (χ0n) is 12.4. The third-order valence-electron chi connectivity index (χ3n) is 4.52. The molecular formula is C16H21Cl2N3. The molecular weight excluding hydrogens is 305 g/mol. The third-order valence-corrected chi connectivity index (χ3v) is 4.92. The monoisotopic (exact) mass is 325 g/mol. The number of nitrogens with zero attached hydrogens (tertiary/aromatic N) is 3. The van der Waals surface area contributed by atoms with Crippen LogP contribution in [0.1, 0.15) is 38.4 Å². The van der Waals surface area contributed by atoms with Gasteiger partial charge in [0.25, 0.3) is 0 Å². The van der Waals surface area contributed by atoms with Gasteiger partial charge in [0, 0.05) is 25.0 Å². The molecule has 1 saturated carbocycles. The standard InChI is InChI=1S/C16H21Cl2N3/c1-11-2-4-12(5-3-11)10-21-15(6-7-17)20-14-8-13(18)9-19-16(14)21/h8-9,11-12H,2-7,10H2,1H3. The highest BCUT2D eigenvalue weighted by atomic mass is 35.5. The van der Waals surface area contributed by atoms with E-state index in [9.17, 15) is 0 Å². The van der Waals surface area contributed by atoms with E-state index >= 15 is 0 Å². The zero-order chi connectivity index (χ0) is 14.8. The van der Waals surface area contributed by atoms with Crippen LogP contribution in [0.25, 0.3) is 11.2 Å². The summed E-state index contributed by atoms with van der Waals surface area (Å²) in [6.07, 6.45) is 7.75. The first-order chi connectivity index (χ1) is 10.2. The number of aromatic nitrogens is 3. The van der Waals surface area contributed by atoms with Crippen molar-refractivity contribution in [3.05, 3.63) is 23.1 Å². The highest BCUT2D eigenvalue weighted by molar-refractivity contribution is 6.31. The molecule has 21 heavy (non-hydrogen) atoms. The van der Waals surface area contributed by atoms with Crippen LogP contribution in [0.15, 0.2) is 12.3 Å². The SMILES string of the molecule is CC1CCC(Cn2c(CCCl)nc3cc(Cl)cnc32)CC1. The molecule has 0 aromatic carbocycles. The number of halogens is 2. The molecule has 1 aliphatic carbocycles. The van der Waals surface area contributed by atoms with Crippen molar-refractivity contribution < 1.29 is 0 Å². The van der Waals surface area contributed by atoms with Crippen molar-refractivity contribution in [3.8, 4) is 0 Å². The van der Waals surface area contributed by atoms with Gasteiger partial charge in [-0.05, 0) is 30.7 Å². The van der Waals surface area contributed by atoms with Crippen molar-refractivity contribution in [2.75, 3.05) is 5.88 Å². The Bertz CT molecular complexity index is 615. The highest BCUT2D eigenvalue weighted by Crippen LogP contribution is 2.30. The Balaban J connectivity index is 1.89. The fourth-order valence-corrected chi connectivity index (χ4v) is 3.59. The maximum atomic E-state index is 6.03. The van der Waals surface area contributed by atoms with Gasteiger partial charge in [-0.15, -0.1) is 11.6 Å². The minimum atomic E-state index is 0.582. The number of pyridine rings is 1. The molecule has 2 aromatic rings. The normalized spacial score (nSPS) is 22.8. The zero-order valence-corrected chi connectivity index (χ0v) is 13.9. The van der Waals surface area contributed by atoms with Gasteiger partial charge in [-0.25, -0.2) is 9.97 Å². The second-order valence-electron chi connectivity index (χ2n) is 6.20. The van der Waals surface area contributed by atoms with E-state index in [2.05, 4.69) is 21.5 Å². The summed E-state index contributed by atoms with van der Waals surface area (Å²) >= 11 is 12.0. The lowest BCUT2D eigenvalue weighted by atomic mass is 9.83. The fourth-order valence-electron chi connectivity index (χ4n) is 3.27. The van der Waals surface area contributed by atoms with Crippen molar-refractivity contribution in [1.82, 2.24) is 14.5 Å². The molecule has 0 bridgehead atoms. The molecule has 114 valence electrons. The fraction of sp³-hybridized carbons (Fsp3) is 0.625. The first kappa shape index (κ1) is 15.1. The van der Waals surface area contributed by atoms with Gasteiger partial charge < -0.3 is 4.57 Å². The average molecular weight is 326 g/mol. The summed E-state index contributed by atoms with van der Waals surface area (Å²) < 4.78 is 2.26. The summed E-state index contributed by atoms with van der Waals surface area (Å²) in [5.41, 5.74) is 1.82. The quantitative estimate of drug-likeness (QED) is 0.763. The summed E-state index contributed by atoms with van der Waals surface area (Å²) in [6.45, 7) is 3.36. The topological polar surface area (TPSA) is 30.7 Å². The van der Waals surface area contributed by atoms with E-state index < -0.39 is 0 Å². The Kier molecular flexibility index (Phi) is 4.70. The number of hydrogen-bond donors (Lipinski definition) is 0. The van der Waals surface area contributed by atoms with Gasteiger partial charge in [0.05, 0.1) is 5.02 Å². The molecule has 0 radical (unpaired) electrons. The van der Waals surface area contributed by atoms with Crippen molar-refractivity contribution in [1.29, 1.82) is 0 Å². The number of fused-ring (bicyclic) bond motifs is 1. The highest BCUT2D eigenvalue weighted by Gasteiger charge is 2.21. The minimum absolute atomic E-state index is 0.582. The van der Waals surface area contributed by atoms with E-state index in [0.717, 1.165) is 41.8 Å². The van der Waals surface area contributed by atoms with Gasteiger partial charge in [0.2, 0.25) is 0 Å². The Morgan fingerprint density at radius 2 is 2.05 bits per heavy atom. The van der Waals surface area contributed by atoms with Gasteiger partial charge in [-0.3, -0.25) is 0 Å². The van der Waals surface area contributed by atoms with Crippen LogP contribution in [-0.4, -0.2) is 20.4 Å². The van der Waals surface area contributed by atoms with Crippen LogP contribution in [0, 0.1) is 11.8 Å². The van der Waals surface area contributed by atoms with Crippen LogP contribution >= 0.6 is 23.2 Å². The van der Waals surface area contributed by atoms with Crippen molar-refractivity contribution >= 4 is 34.4 Å². The van der Waals surface area contributed by atoms with E-state index in [0.29, 0.717) is 10.9 Å². The van der Waals surface area contributed by atoms with Gasteiger partial charge in [-0.1, -0.05) is 31.4 Å². The number of alkyl halides is 1. The molecule has 1 fully saturated rings. The minimum Gasteiger partial charge on any atom is -0.312 e. The smallest absolute Gasteiger partial charge is 0.160 e. The van der Waals surface area contributed by atoms with E-state index in [1.807, 2.05) is 6.07 Å². The molecule has 1 aliphatic rings. The van der Waals surface area contributed by atoms with Crippen LogP contribution in [-0.2, 0) is 13.0 Å². The predicted octanol–water partition coefficient (Wildman–Crippen LogP) is 4.69. The van der Waals surface area contributed by atoms with Gasteiger partial charge in [0.15, 0.2) is 5.65 Å². The Labute approximate surface area is 135 Å². The molecule has 0 N–H and O–H groups in total. The van der Waals surface area contributed by atoms with Gasteiger partial charge in [-0.2, -0.15) is 0 Å². The molecule has 0 amide bonds. The molecule has 0 saturated heterocycles. The number of aryl methyl sites for hydroxylation is 1. The van der Waals surface area contributed by atoms with Crippen LogP contribution < -0.4 is 0 Å². The lowest BCUT2D eigenvalue weighted by Crippen LogP contribution is -2.19. The summed E-state index contributed by atoms with van der Waals surface area (Å²) in [4.78, 5) is 9.16. The molecule has 2 aromatic heterocycles. The third kappa shape index (κ3) is 3.35. The molecule has 2 heterocycles. The van der Waals surface area contributed by atoms with Crippen LogP contribution in [0.2, 0.25) is 5.02 Å². The second kappa shape index (κ2) is 6.53. The summed E-state index contributed by atoms with van der Waals surface area (Å²) in [5.74, 6) is 3.22. The van der Waals surface area contributed by atoms with Crippen molar-refractivity contribution in [3.63, 3.8) is 0 Å². The molecule has 5 heteroatoms. The lowest BCUT2D eigenvalue weighted by molar-refractivity contribution is 0.264. The van der Waals surface area contributed by atoms with Gasteiger partial charge >= 0.3 is 0 Å². The predicted molar refractivity (Wildman–Crippen MR) is 88.1 cm³/mol. The first-order valence-corrected chi connectivity index (χ1v) is 8.65. The maximum Gasteiger partial charge on any atom is 0.160 e. The number of imidazole rings is 1. The van der Waals surface area contributed by atoms with Crippen molar-refractivity contribution in [2.24, 2.45) is 11.8 Å². The number of rotatable bonds is 4. The van der Waals surface area contributed by atoms with Gasteiger partial charge in [0.1, 0.15) is 11.3 Å².